The van der Waals surface area contributed by atoms with Crippen LogP contribution in [0.1, 0.15) is 27.4 Å². The third kappa shape index (κ3) is 4.69. The lowest BCUT2D eigenvalue weighted by Crippen LogP contribution is -2.27. The number of carbonyl (C=O) groups excluding carboxylic acids is 1. The highest BCUT2D eigenvalue weighted by Gasteiger charge is 2.31. The number of aromatic nitrogens is 5. The van der Waals surface area contributed by atoms with E-state index in [1.165, 1.54) is 10.7 Å². The molecule has 3 aromatic heterocycles. The Bertz CT molecular complexity index is 1520. The topological polar surface area (TPSA) is 77.1 Å². The number of nitrogens with one attached hydrogen (secondary N) is 1. The monoisotopic (exact) mass is 498 g/mol. The SMILES string of the molecule is O=C(NCCc1nnc2ccccn12)c1nn(Cc2ccc(Cl)cc2)c2cc(C(F)(F)F)ccc12. The second-order valence-corrected chi connectivity index (χ2v) is 8.35. The maximum Gasteiger partial charge on any atom is 0.416 e. The van der Waals surface area contributed by atoms with E-state index >= 15 is 0 Å². The van der Waals surface area contributed by atoms with E-state index in [1.54, 1.807) is 24.3 Å². The Labute approximate surface area is 202 Å². The summed E-state index contributed by atoms with van der Waals surface area (Å²) in [5.74, 6) is 0.187. The summed E-state index contributed by atoms with van der Waals surface area (Å²) >= 11 is 5.93. The molecule has 0 unspecified atom stereocenters. The molecule has 11 heteroatoms. The number of hydrogen-bond donors (Lipinski definition) is 1. The summed E-state index contributed by atoms with van der Waals surface area (Å²) in [6.45, 7) is 0.425. The average Bonchev–Trinajstić information content (AvgIpc) is 3.41. The summed E-state index contributed by atoms with van der Waals surface area (Å²) in [5.41, 5.74) is 0.924. The molecule has 1 N–H and O–H groups in total. The largest absolute Gasteiger partial charge is 0.416 e. The summed E-state index contributed by atoms with van der Waals surface area (Å²) in [4.78, 5) is 13.0. The van der Waals surface area contributed by atoms with Crippen LogP contribution in [0, 0.1) is 0 Å². The van der Waals surface area contributed by atoms with E-state index in [9.17, 15) is 18.0 Å². The van der Waals surface area contributed by atoms with Crippen molar-refractivity contribution in [3.8, 4) is 0 Å². The lowest BCUT2D eigenvalue weighted by atomic mass is 10.1. The van der Waals surface area contributed by atoms with Crippen LogP contribution in [0.2, 0.25) is 5.02 Å². The molecule has 35 heavy (non-hydrogen) atoms. The quantitative estimate of drug-likeness (QED) is 0.366. The zero-order valence-electron chi connectivity index (χ0n) is 18.1. The number of halogens is 4. The summed E-state index contributed by atoms with van der Waals surface area (Å²) in [6, 6.07) is 15.7. The van der Waals surface area contributed by atoms with Gasteiger partial charge in [0.25, 0.3) is 5.91 Å². The number of rotatable bonds is 6. The van der Waals surface area contributed by atoms with Crippen molar-refractivity contribution in [3.05, 3.63) is 94.5 Å². The molecule has 0 saturated heterocycles. The van der Waals surface area contributed by atoms with Gasteiger partial charge in [-0.3, -0.25) is 13.9 Å². The highest BCUT2D eigenvalue weighted by molar-refractivity contribution is 6.30. The highest BCUT2D eigenvalue weighted by atomic mass is 35.5. The zero-order chi connectivity index (χ0) is 24.6. The first-order valence-electron chi connectivity index (χ1n) is 10.7. The van der Waals surface area contributed by atoms with Gasteiger partial charge in [0.1, 0.15) is 5.82 Å². The molecule has 0 aliphatic heterocycles. The fourth-order valence-electron chi connectivity index (χ4n) is 3.83. The molecule has 0 aliphatic rings. The van der Waals surface area contributed by atoms with Crippen molar-refractivity contribution >= 4 is 34.1 Å². The normalized spacial score (nSPS) is 11.9. The predicted molar refractivity (Wildman–Crippen MR) is 124 cm³/mol. The number of pyridine rings is 1. The molecule has 0 aliphatic carbocycles. The van der Waals surface area contributed by atoms with Crippen LogP contribution in [0.25, 0.3) is 16.6 Å². The van der Waals surface area contributed by atoms with Crippen LogP contribution in [0.15, 0.2) is 66.9 Å². The molecular weight excluding hydrogens is 481 g/mol. The van der Waals surface area contributed by atoms with Crippen molar-refractivity contribution in [3.63, 3.8) is 0 Å². The van der Waals surface area contributed by atoms with Gasteiger partial charge in [0.2, 0.25) is 0 Å². The first-order valence-corrected chi connectivity index (χ1v) is 11.1. The van der Waals surface area contributed by atoms with Gasteiger partial charge in [0.05, 0.1) is 17.6 Å². The van der Waals surface area contributed by atoms with Gasteiger partial charge in [-0.05, 0) is 48.0 Å². The fourth-order valence-corrected chi connectivity index (χ4v) is 3.96. The lowest BCUT2D eigenvalue weighted by molar-refractivity contribution is -0.137. The number of carbonyl (C=O) groups is 1. The van der Waals surface area contributed by atoms with E-state index in [0.29, 0.717) is 28.3 Å². The van der Waals surface area contributed by atoms with E-state index in [1.807, 2.05) is 28.8 Å². The smallest absolute Gasteiger partial charge is 0.350 e. The van der Waals surface area contributed by atoms with Crippen LogP contribution in [-0.2, 0) is 19.1 Å². The minimum atomic E-state index is -4.52. The summed E-state index contributed by atoms with van der Waals surface area (Å²) in [6.07, 6.45) is -2.28. The molecular formula is C24H18ClF3N6O. The van der Waals surface area contributed by atoms with Crippen molar-refractivity contribution in [2.24, 2.45) is 0 Å². The Balaban J connectivity index is 1.42. The Kier molecular flexibility index (Phi) is 5.89. The van der Waals surface area contributed by atoms with Crippen LogP contribution in [0.5, 0.6) is 0 Å². The standard InChI is InChI=1S/C24H18ClF3N6O/c25-17-7-4-15(5-8-17)14-34-19-13-16(24(26,27)28)6-9-18(19)22(32-34)23(35)29-11-10-21-31-30-20-3-1-2-12-33(20)21/h1-9,12-13H,10-11,14H2,(H,29,35). The third-order valence-corrected chi connectivity index (χ3v) is 5.81. The van der Waals surface area contributed by atoms with Crippen molar-refractivity contribution in [2.75, 3.05) is 6.54 Å². The van der Waals surface area contributed by atoms with E-state index in [0.717, 1.165) is 17.7 Å². The minimum Gasteiger partial charge on any atom is -0.350 e. The van der Waals surface area contributed by atoms with Crippen LogP contribution in [-0.4, -0.2) is 36.8 Å². The van der Waals surface area contributed by atoms with E-state index in [2.05, 4.69) is 20.6 Å². The van der Waals surface area contributed by atoms with Gasteiger partial charge in [-0.1, -0.05) is 29.8 Å². The van der Waals surface area contributed by atoms with E-state index in [4.69, 9.17) is 11.6 Å². The number of fused-ring (bicyclic) bond motifs is 2. The van der Waals surface area contributed by atoms with Gasteiger partial charge < -0.3 is 5.32 Å². The zero-order valence-corrected chi connectivity index (χ0v) is 18.9. The first kappa shape index (κ1) is 22.9. The number of hydrogen-bond acceptors (Lipinski definition) is 4. The average molecular weight is 499 g/mol. The molecule has 0 bridgehead atoms. The number of nitrogens with zero attached hydrogens (tertiary/aromatic N) is 5. The molecule has 2 aromatic carbocycles. The van der Waals surface area contributed by atoms with Crippen LogP contribution >= 0.6 is 11.6 Å². The van der Waals surface area contributed by atoms with E-state index in [-0.39, 0.29) is 24.3 Å². The second kappa shape index (κ2) is 9.03. The molecule has 5 aromatic rings. The second-order valence-electron chi connectivity index (χ2n) is 7.91. The van der Waals surface area contributed by atoms with E-state index < -0.39 is 17.6 Å². The minimum absolute atomic E-state index is 0.0498. The number of alkyl halides is 3. The molecule has 0 radical (unpaired) electrons. The Morgan fingerprint density at radius 1 is 1.03 bits per heavy atom. The van der Waals surface area contributed by atoms with Gasteiger partial charge in [-0.2, -0.15) is 18.3 Å². The Morgan fingerprint density at radius 3 is 2.60 bits per heavy atom. The molecule has 0 fully saturated rings. The van der Waals surface area contributed by atoms with Crippen molar-refractivity contribution in [2.45, 2.75) is 19.1 Å². The molecule has 3 heterocycles. The Hall–Kier alpha value is -3.92. The molecule has 1 amide bonds. The number of amides is 1. The molecule has 0 saturated carbocycles. The van der Waals surface area contributed by atoms with Gasteiger partial charge >= 0.3 is 6.18 Å². The molecule has 0 spiro atoms. The lowest BCUT2D eigenvalue weighted by Gasteiger charge is -2.08. The number of benzene rings is 2. The van der Waals surface area contributed by atoms with Crippen molar-refractivity contribution in [1.29, 1.82) is 0 Å². The van der Waals surface area contributed by atoms with Gasteiger partial charge in [-0.15, -0.1) is 10.2 Å². The maximum atomic E-state index is 13.4. The summed E-state index contributed by atoms with van der Waals surface area (Å²) in [7, 11) is 0. The van der Waals surface area contributed by atoms with Crippen LogP contribution in [0.4, 0.5) is 13.2 Å². The fraction of sp³-hybridized carbons (Fsp3) is 0.167. The van der Waals surface area contributed by atoms with Crippen molar-refractivity contribution < 1.29 is 18.0 Å². The first-order chi connectivity index (χ1) is 16.8. The maximum absolute atomic E-state index is 13.4. The van der Waals surface area contributed by atoms with Gasteiger partial charge in [-0.25, -0.2) is 0 Å². The van der Waals surface area contributed by atoms with Gasteiger partial charge in [0.15, 0.2) is 11.3 Å². The van der Waals surface area contributed by atoms with Gasteiger partial charge in [0, 0.05) is 29.6 Å². The summed E-state index contributed by atoms with van der Waals surface area (Å²) in [5, 5.41) is 16.2. The summed E-state index contributed by atoms with van der Waals surface area (Å²) < 4.78 is 43.3. The predicted octanol–water partition coefficient (Wildman–Crippen LogP) is 4.77. The molecule has 7 nitrogen and oxygen atoms in total. The Morgan fingerprint density at radius 2 is 1.83 bits per heavy atom. The molecule has 0 atom stereocenters. The van der Waals surface area contributed by atoms with Crippen LogP contribution in [0.3, 0.4) is 0 Å². The van der Waals surface area contributed by atoms with Crippen LogP contribution < -0.4 is 5.32 Å². The highest BCUT2D eigenvalue weighted by Crippen LogP contribution is 2.32. The molecule has 178 valence electrons. The third-order valence-electron chi connectivity index (χ3n) is 5.56. The molecule has 5 rings (SSSR count). The van der Waals surface area contributed by atoms with Crippen molar-refractivity contribution in [1.82, 2.24) is 29.7 Å².